The van der Waals surface area contributed by atoms with Crippen LogP contribution < -0.4 is 15.5 Å². The molecule has 0 aliphatic rings. The number of hydrogen-bond acceptors (Lipinski definition) is 4. The highest BCUT2D eigenvalue weighted by atomic mass is 16.5. The maximum Gasteiger partial charge on any atom is 0.259 e. The third-order valence-electron chi connectivity index (χ3n) is 2.86. The van der Waals surface area contributed by atoms with Crippen LogP contribution in [0.25, 0.3) is 0 Å². The number of amides is 1. The molecule has 0 spiro atoms. The van der Waals surface area contributed by atoms with Crippen molar-refractivity contribution in [2.75, 3.05) is 18.5 Å². The molecule has 1 amide bonds. The molecule has 2 N–H and O–H groups in total. The molecule has 0 aliphatic carbocycles. The van der Waals surface area contributed by atoms with Crippen LogP contribution in [0.4, 0.5) is 5.69 Å². The number of carbonyl (C=O) groups excluding carboxylic acids is 1. The van der Waals surface area contributed by atoms with Crippen molar-refractivity contribution in [3.8, 4) is 5.75 Å². The second-order valence-corrected chi connectivity index (χ2v) is 4.68. The molecule has 0 bridgehead atoms. The molecule has 0 aliphatic heterocycles. The topological polar surface area (TPSA) is 62.7 Å². The zero-order valence-electron chi connectivity index (χ0n) is 12.7. The molecule has 0 unspecified atom stereocenters. The van der Waals surface area contributed by atoms with Crippen LogP contribution in [0.1, 0.15) is 5.56 Å². The van der Waals surface area contributed by atoms with Gasteiger partial charge in [0, 0.05) is 5.69 Å². The van der Waals surface area contributed by atoms with E-state index in [-0.39, 0.29) is 12.5 Å². The van der Waals surface area contributed by atoms with Gasteiger partial charge in [-0.25, -0.2) is 5.43 Å². The molecule has 0 aromatic heterocycles. The fourth-order valence-corrected chi connectivity index (χ4v) is 1.80. The molecule has 23 heavy (non-hydrogen) atoms. The van der Waals surface area contributed by atoms with Crippen molar-refractivity contribution >= 4 is 17.8 Å². The van der Waals surface area contributed by atoms with Crippen LogP contribution in [0.15, 0.2) is 72.4 Å². The smallest absolute Gasteiger partial charge is 0.259 e. The second-order valence-electron chi connectivity index (χ2n) is 4.68. The first-order chi connectivity index (χ1) is 11.3. The number of rotatable bonds is 8. The number of benzene rings is 2. The zero-order valence-corrected chi connectivity index (χ0v) is 12.7. The van der Waals surface area contributed by atoms with Crippen LogP contribution in [0, 0.1) is 0 Å². The maximum absolute atomic E-state index is 11.7. The Morgan fingerprint density at radius 1 is 1.17 bits per heavy atom. The summed E-state index contributed by atoms with van der Waals surface area (Å²) in [6, 6.07) is 16.9. The van der Waals surface area contributed by atoms with E-state index < -0.39 is 0 Å². The van der Waals surface area contributed by atoms with Gasteiger partial charge in [-0.1, -0.05) is 43.0 Å². The minimum absolute atomic E-state index is 0.157. The van der Waals surface area contributed by atoms with Crippen molar-refractivity contribution in [2.24, 2.45) is 5.10 Å². The van der Waals surface area contributed by atoms with Crippen molar-refractivity contribution in [2.45, 2.75) is 0 Å². The van der Waals surface area contributed by atoms with Gasteiger partial charge in [0.2, 0.25) is 0 Å². The van der Waals surface area contributed by atoms with Crippen molar-refractivity contribution in [3.05, 3.63) is 72.8 Å². The molecule has 0 fully saturated rings. The summed E-state index contributed by atoms with van der Waals surface area (Å²) < 4.78 is 5.43. The highest BCUT2D eigenvalue weighted by molar-refractivity contribution is 5.84. The van der Waals surface area contributed by atoms with Gasteiger partial charge in [0.1, 0.15) is 12.4 Å². The average Bonchev–Trinajstić information content (AvgIpc) is 2.59. The fraction of sp³-hybridized carbons (Fsp3) is 0.111. The summed E-state index contributed by atoms with van der Waals surface area (Å²) in [6.45, 7) is 4.21. The van der Waals surface area contributed by atoms with E-state index >= 15 is 0 Å². The Kier molecular flexibility index (Phi) is 6.41. The lowest BCUT2D eigenvalue weighted by Gasteiger charge is -2.05. The van der Waals surface area contributed by atoms with Crippen molar-refractivity contribution < 1.29 is 9.53 Å². The van der Waals surface area contributed by atoms with E-state index in [9.17, 15) is 4.79 Å². The Morgan fingerprint density at radius 2 is 2.00 bits per heavy atom. The Hall–Kier alpha value is -3.08. The zero-order chi connectivity index (χ0) is 16.3. The highest BCUT2D eigenvalue weighted by Crippen LogP contribution is 2.11. The molecule has 2 aromatic carbocycles. The molecule has 0 heterocycles. The molecule has 0 atom stereocenters. The van der Waals surface area contributed by atoms with Crippen molar-refractivity contribution in [1.29, 1.82) is 0 Å². The number of nitrogens with one attached hydrogen (secondary N) is 2. The summed E-state index contributed by atoms with van der Waals surface area (Å²) in [4.78, 5) is 11.7. The van der Waals surface area contributed by atoms with Crippen LogP contribution in [0.3, 0.4) is 0 Å². The van der Waals surface area contributed by atoms with Gasteiger partial charge in [0.05, 0.1) is 12.8 Å². The van der Waals surface area contributed by atoms with Gasteiger partial charge in [-0.15, -0.1) is 0 Å². The quantitative estimate of drug-likeness (QED) is 0.448. The van der Waals surface area contributed by atoms with Crippen molar-refractivity contribution in [1.82, 2.24) is 5.43 Å². The largest absolute Gasteiger partial charge is 0.490 e. The number of hydrogen-bond donors (Lipinski definition) is 2. The first-order valence-electron chi connectivity index (χ1n) is 7.22. The molecule has 2 aromatic rings. The van der Waals surface area contributed by atoms with Gasteiger partial charge in [-0.3, -0.25) is 4.79 Å². The number of hydrazone groups is 1. The van der Waals surface area contributed by atoms with E-state index in [1.54, 1.807) is 12.3 Å². The molecule has 5 nitrogen and oxygen atoms in total. The van der Waals surface area contributed by atoms with E-state index in [1.165, 1.54) is 0 Å². The predicted molar refractivity (Wildman–Crippen MR) is 92.8 cm³/mol. The normalized spacial score (nSPS) is 10.3. The standard InChI is InChI=1S/C18H19N3O2/c1-2-11-23-17-10-6-7-15(12-17)13-20-21-18(22)14-19-16-8-4-3-5-9-16/h2-10,12-13,19H,1,11,14H2,(H,21,22)/b20-13-. The van der Waals surface area contributed by atoms with Crippen LogP contribution in [-0.4, -0.2) is 25.3 Å². The molecule has 0 saturated carbocycles. The van der Waals surface area contributed by atoms with Gasteiger partial charge in [0.25, 0.3) is 5.91 Å². The molecule has 2 rings (SSSR count). The lowest BCUT2D eigenvalue weighted by Crippen LogP contribution is -2.25. The SMILES string of the molecule is C=CCOc1cccc(/C=N\NC(=O)CNc2ccccc2)c1. The molecule has 0 radical (unpaired) electrons. The highest BCUT2D eigenvalue weighted by Gasteiger charge is 1.99. The number of nitrogens with zero attached hydrogens (tertiary/aromatic N) is 1. The predicted octanol–water partition coefficient (Wildman–Crippen LogP) is 2.81. The van der Waals surface area contributed by atoms with E-state index in [1.807, 2.05) is 54.6 Å². The van der Waals surface area contributed by atoms with Crippen LogP contribution >= 0.6 is 0 Å². The number of ether oxygens (including phenoxy) is 1. The third-order valence-corrected chi connectivity index (χ3v) is 2.86. The molecule has 118 valence electrons. The monoisotopic (exact) mass is 309 g/mol. The molecule has 0 saturated heterocycles. The summed E-state index contributed by atoms with van der Waals surface area (Å²) in [5.74, 6) is 0.509. The minimum atomic E-state index is -0.218. The number of anilines is 1. The Labute approximate surface area is 135 Å². The van der Waals surface area contributed by atoms with Gasteiger partial charge < -0.3 is 10.1 Å². The second kappa shape index (κ2) is 9.04. The summed E-state index contributed by atoms with van der Waals surface area (Å²) >= 11 is 0. The van der Waals surface area contributed by atoms with Gasteiger partial charge in [-0.05, 0) is 29.8 Å². The maximum atomic E-state index is 11.7. The lowest BCUT2D eigenvalue weighted by molar-refractivity contribution is -0.119. The van der Waals surface area contributed by atoms with Gasteiger partial charge in [0.15, 0.2) is 0 Å². The van der Waals surface area contributed by atoms with E-state index in [2.05, 4.69) is 22.4 Å². The van der Waals surface area contributed by atoms with Gasteiger partial charge in [-0.2, -0.15) is 5.10 Å². The minimum Gasteiger partial charge on any atom is -0.490 e. The Bertz CT molecular complexity index is 669. The number of para-hydroxylation sites is 1. The molecular weight excluding hydrogens is 290 g/mol. The van der Waals surface area contributed by atoms with E-state index in [0.717, 1.165) is 17.0 Å². The van der Waals surface area contributed by atoms with Gasteiger partial charge >= 0.3 is 0 Å². The van der Waals surface area contributed by atoms with E-state index in [0.29, 0.717) is 6.61 Å². The Morgan fingerprint density at radius 3 is 2.78 bits per heavy atom. The van der Waals surface area contributed by atoms with Crippen molar-refractivity contribution in [3.63, 3.8) is 0 Å². The first-order valence-corrected chi connectivity index (χ1v) is 7.22. The fourth-order valence-electron chi connectivity index (χ4n) is 1.80. The number of carbonyl (C=O) groups is 1. The summed E-state index contributed by atoms with van der Waals surface area (Å²) in [5.41, 5.74) is 4.20. The summed E-state index contributed by atoms with van der Waals surface area (Å²) in [7, 11) is 0. The summed E-state index contributed by atoms with van der Waals surface area (Å²) in [6.07, 6.45) is 3.25. The average molecular weight is 309 g/mol. The summed E-state index contributed by atoms with van der Waals surface area (Å²) in [5, 5.41) is 6.95. The first kappa shape index (κ1) is 16.3. The van der Waals surface area contributed by atoms with Crippen LogP contribution in [0.2, 0.25) is 0 Å². The van der Waals surface area contributed by atoms with Crippen LogP contribution in [-0.2, 0) is 4.79 Å². The third kappa shape index (κ3) is 6.05. The van der Waals surface area contributed by atoms with Crippen LogP contribution in [0.5, 0.6) is 5.75 Å². The molecule has 5 heteroatoms. The lowest BCUT2D eigenvalue weighted by atomic mass is 10.2. The molecular formula is C18H19N3O2. The van der Waals surface area contributed by atoms with E-state index in [4.69, 9.17) is 4.74 Å². The Balaban J connectivity index is 1.79.